The second-order valence-electron chi connectivity index (χ2n) is 5.29. The third-order valence-electron chi connectivity index (χ3n) is 3.98. The maximum Gasteiger partial charge on any atom is 0.326 e. The van der Waals surface area contributed by atoms with Crippen molar-refractivity contribution in [3.8, 4) is 0 Å². The van der Waals surface area contributed by atoms with Crippen molar-refractivity contribution in [3.05, 3.63) is 0 Å². The predicted octanol–water partition coefficient (Wildman–Crippen LogP) is -0.450. The first kappa shape index (κ1) is 13.3. The molecule has 0 aromatic carbocycles. The van der Waals surface area contributed by atoms with Gasteiger partial charge < -0.3 is 20.8 Å². The van der Waals surface area contributed by atoms with Gasteiger partial charge in [0.05, 0.1) is 12.0 Å². The number of carbonyl (C=O) groups excluding carboxylic acids is 1. The predicted molar refractivity (Wildman–Crippen MR) is 63.7 cm³/mol. The summed E-state index contributed by atoms with van der Waals surface area (Å²) in [4.78, 5) is 24.7. The van der Waals surface area contributed by atoms with Gasteiger partial charge in [0, 0.05) is 19.0 Å². The quantitative estimate of drug-likeness (QED) is 0.621. The van der Waals surface area contributed by atoms with Crippen molar-refractivity contribution in [1.82, 2.24) is 4.90 Å². The van der Waals surface area contributed by atoms with Crippen LogP contribution in [0.25, 0.3) is 0 Å². The van der Waals surface area contributed by atoms with Gasteiger partial charge in [0.2, 0.25) is 5.91 Å². The summed E-state index contributed by atoms with van der Waals surface area (Å²) < 4.78 is 0. The average molecular weight is 256 g/mol. The van der Waals surface area contributed by atoms with Crippen LogP contribution in [0.4, 0.5) is 0 Å². The van der Waals surface area contributed by atoms with Crippen LogP contribution in [0.3, 0.4) is 0 Å². The van der Waals surface area contributed by atoms with Crippen molar-refractivity contribution in [2.24, 2.45) is 11.7 Å². The zero-order valence-electron chi connectivity index (χ0n) is 10.3. The zero-order chi connectivity index (χ0) is 13.3. The number of amides is 1. The monoisotopic (exact) mass is 256 g/mol. The molecule has 3 unspecified atom stereocenters. The zero-order valence-corrected chi connectivity index (χ0v) is 10.3. The number of hydrogen-bond acceptors (Lipinski definition) is 4. The lowest BCUT2D eigenvalue weighted by atomic mass is 9.84. The number of carboxylic acid groups (broad SMARTS) is 1. The van der Waals surface area contributed by atoms with Gasteiger partial charge in [-0.1, -0.05) is 12.8 Å². The lowest BCUT2D eigenvalue weighted by Gasteiger charge is -2.32. The summed E-state index contributed by atoms with van der Waals surface area (Å²) in [6.07, 6.45) is 2.88. The molecule has 0 radical (unpaired) electrons. The number of carbonyl (C=O) groups is 2. The van der Waals surface area contributed by atoms with Gasteiger partial charge >= 0.3 is 5.97 Å². The molecule has 2 fully saturated rings. The lowest BCUT2D eigenvalue weighted by Crippen LogP contribution is -2.49. The minimum Gasteiger partial charge on any atom is -0.480 e. The maximum absolute atomic E-state index is 12.3. The maximum atomic E-state index is 12.3. The molecule has 0 bridgehead atoms. The molecule has 4 atom stereocenters. The van der Waals surface area contributed by atoms with Crippen LogP contribution in [-0.4, -0.2) is 51.7 Å². The first-order chi connectivity index (χ1) is 8.50. The molecule has 1 amide bonds. The number of aliphatic carboxylic acids is 1. The Morgan fingerprint density at radius 1 is 1.22 bits per heavy atom. The summed E-state index contributed by atoms with van der Waals surface area (Å²) in [5, 5.41) is 18.6. The topological polar surface area (TPSA) is 104 Å². The number of likely N-dealkylation sites (tertiary alicyclic amines) is 1. The van der Waals surface area contributed by atoms with E-state index in [0.29, 0.717) is 0 Å². The standard InChI is InChI=1S/C12H20N2O4/c13-9-4-2-1-3-8(9)11(16)14-6-7(15)5-10(14)12(17)18/h7-10,15H,1-6,13H2,(H,17,18)/t7?,8?,9?,10-/m0/s1. The first-order valence-corrected chi connectivity index (χ1v) is 6.47. The SMILES string of the molecule is NC1CCCCC1C(=O)N1CC(O)C[C@H]1C(=O)O. The summed E-state index contributed by atoms with van der Waals surface area (Å²) in [5.41, 5.74) is 5.95. The van der Waals surface area contributed by atoms with E-state index >= 15 is 0 Å². The van der Waals surface area contributed by atoms with Gasteiger partial charge in [0.1, 0.15) is 6.04 Å². The smallest absolute Gasteiger partial charge is 0.326 e. The van der Waals surface area contributed by atoms with E-state index in [9.17, 15) is 14.7 Å². The fraction of sp³-hybridized carbons (Fsp3) is 0.833. The van der Waals surface area contributed by atoms with Gasteiger partial charge in [-0.3, -0.25) is 4.79 Å². The van der Waals surface area contributed by atoms with E-state index in [0.717, 1.165) is 25.7 Å². The highest BCUT2D eigenvalue weighted by Gasteiger charge is 2.42. The van der Waals surface area contributed by atoms with E-state index in [2.05, 4.69) is 0 Å². The van der Waals surface area contributed by atoms with E-state index in [1.54, 1.807) is 0 Å². The molecule has 0 aromatic rings. The van der Waals surface area contributed by atoms with Gasteiger partial charge in [-0.05, 0) is 12.8 Å². The Bertz CT molecular complexity index is 347. The van der Waals surface area contributed by atoms with Crippen LogP contribution in [-0.2, 0) is 9.59 Å². The number of hydrogen-bond donors (Lipinski definition) is 3. The summed E-state index contributed by atoms with van der Waals surface area (Å²) in [6, 6.07) is -1.08. The first-order valence-electron chi connectivity index (χ1n) is 6.47. The molecule has 0 aromatic heterocycles. The molecule has 1 saturated carbocycles. The Balaban J connectivity index is 2.09. The molecule has 2 rings (SSSR count). The summed E-state index contributed by atoms with van der Waals surface area (Å²) in [5.74, 6) is -1.54. The third kappa shape index (κ3) is 2.49. The summed E-state index contributed by atoms with van der Waals surface area (Å²) in [7, 11) is 0. The highest BCUT2D eigenvalue weighted by Crippen LogP contribution is 2.28. The molecular formula is C12H20N2O4. The third-order valence-corrected chi connectivity index (χ3v) is 3.98. The van der Waals surface area contributed by atoms with E-state index in [-0.39, 0.29) is 30.8 Å². The van der Waals surface area contributed by atoms with E-state index in [1.807, 2.05) is 0 Å². The van der Waals surface area contributed by atoms with Crippen molar-refractivity contribution in [3.63, 3.8) is 0 Å². The fourth-order valence-electron chi connectivity index (χ4n) is 2.97. The molecule has 1 aliphatic heterocycles. The van der Waals surface area contributed by atoms with Crippen molar-refractivity contribution in [2.45, 2.75) is 50.3 Å². The summed E-state index contributed by atoms with van der Waals surface area (Å²) >= 11 is 0. The Kier molecular flexibility index (Phi) is 3.87. The molecule has 6 nitrogen and oxygen atoms in total. The number of aliphatic hydroxyl groups excluding tert-OH is 1. The molecule has 1 saturated heterocycles. The molecule has 4 N–H and O–H groups in total. The number of aliphatic hydroxyl groups is 1. The van der Waals surface area contributed by atoms with Gasteiger partial charge in [0.25, 0.3) is 0 Å². The van der Waals surface area contributed by atoms with Gasteiger partial charge in [-0.2, -0.15) is 0 Å². The average Bonchev–Trinajstić information content (AvgIpc) is 2.71. The minimum atomic E-state index is -1.05. The molecule has 2 aliphatic rings. The van der Waals surface area contributed by atoms with Crippen molar-refractivity contribution >= 4 is 11.9 Å². The number of carboxylic acids is 1. The van der Waals surface area contributed by atoms with Crippen LogP contribution in [0.2, 0.25) is 0 Å². The van der Waals surface area contributed by atoms with Gasteiger partial charge in [-0.15, -0.1) is 0 Å². The van der Waals surface area contributed by atoms with Crippen molar-refractivity contribution < 1.29 is 19.8 Å². The van der Waals surface area contributed by atoms with Crippen LogP contribution >= 0.6 is 0 Å². The number of β-amino-alcohol motifs (C(OH)–C–C–N with tert-alkyl or cyclic N) is 1. The molecule has 102 valence electrons. The molecule has 1 aliphatic carbocycles. The second-order valence-corrected chi connectivity index (χ2v) is 5.29. The Hall–Kier alpha value is -1.14. The highest BCUT2D eigenvalue weighted by molar-refractivity contribution is 5.86. The molecule has 1 heterocycles. The van der Waals surface area contributed by atoms with Crippen molar-refractivity contribution in [1.29, 1.82) is 0 Å². The van der Waals surface area contributed by atoms with Gasteiger partial charge in [0.15, 0.2) is 0 Å². The van der Waals surface area contributed by atoms with Crippen LogP contribution in [0.5, 0.6) is 0 Å². The van der Waals surface area contributed by atoms with E-state index < -0.39 is 18.1 Å². The Morgan fingerprint density at radius 3 is 2.50 bits per heavy atom. The second kappa shape index (κ2) is 5.24. The van der Waals surface area contributed by atoms with Crippen molar-refractivity contribution in [2.75, 3.05) is 6.54 Å². The summed E-state index contributed by atoms with van der Waals surface area (Å²) in [6.45, 7) is 0.110. The van der Waals surface area contributed by atoms with Gasteiger partial charge in [-0.25, -0.2) is 4.79 Å². The number of nitrogens with two attached hydrogens (primary N) is 1. The van der Waals surface area contributed by atoms with Crippen LogP contribution in [0, 0.1) is 5.92 Å². The fourth-order valence-corrected chi connectivity index (χ4v) is 2.97. The number of nitrogens with zero attached hydrogens (tertiary/aromatic N) is 1. The van der Waals surface area contributed by atoms with Crippen LogP contribution in [0.15, 0.2) is 0 Å². The van der Waals surface area contributed by atoms with Crippen LogP contribution in [0.1, 0.15) is 32.1 Å². The molecule has 0 spiro atoms. The molecule has 18 heavy (non-hydrogen) atoms. The van der Waals surface area contributed by atoms with Crippen LogP contribution < -0.4 is 5.73 Å². The Labute approximate surface area is 106 Å². The van der Waals surface area contributed by atoms with E-state index in [1.165, 1.54) is 4.90 Å². The lowest BCUT2D eigenvalue weighted by molar-refractivity contribution is -0.150. The minimum absolute atomic E-state index is 0.110. The molecule has 6 heteroatoms. The largest absolute Gasteiger partial charge is 0.480 e. The number of rotatable bonds is 2. The van der Waals surface area contributed by atoms with E-state index in [4.69, 9.17) is 10.8 Å². The molecular weight excluding hydrogens is 236 g/mol. The normalized spacial score (nSPS) is 36.7. The Morgan fingerprint density at radius 2 is 1.89 bits per heavy atom. The highest BCUT2D eigenvalue weighted by atomic mass is 16.4.